The normalized spacial score (nSPS) is 16.1. The van der Waals surface area contributed by atoms with E-state index in [4.69, 9.17) is 9.72 Å². The highest BCUT2D eigenvalue weighted by atomic mass is 32.1. The first kappa shape index (κ1) is 21.5. The molecule has 1 saturated heterocycles. The molecule has 31 heavy (non-hydrogen) atoms. The molecule has 1 fully saturated rings. The third-order valence-corrected chi connectivity index (χ3v) is 6.54. The Bertz CT molecular complexity index is 1010. The number of aryl methyl sites for hydroxylation is 1. The van der Waals surface area contributed by atoms with Gasteiger partial charge in [0.25, 0.3) is 0 Å². The molecule has 1 atom stereocenters. The van der Waals surface area contributed by atoms with Crippen molar-refractivity contribution in [1.29, 1.82) is 0 Å². The van der Waals surface area contributed by atoms with E-state index in [9.17, 15) is 4.79 Å². The van der Waals surface area contributed by atoms with E-state index < -0.39 is 0 Å². The first-order chi connectivity index (χ1) is 15.0. The smallest absolute Gasteiger partial charge is 0.248 e. The van der Waals surface area contributed by atoms with Crippen molar-refractivity contribution in [2.75, 3.05) is 45.7 Å². The number of nitrogens with zero attached hydrogens (tertiary/aromatic N) is 3. The fraction of sp³-hybridized carbons (Fsp3) is 0.333. The minimum Gasteiger partial charge on any atom is -0.497 e. The number of amides is 1. The molecule has 0 bridgehead atoms. The molecule has 0 radical (unpaired) electrons. The lowest BCUT2D eigenvalue weighted by Gasteiger charge is -2.37. The number of benzene rings is 2. The van der Waals surface area contributed by atoms with Crippen LogP contribution < -0.4 is 10.1 Å². The summed E-state index contributed by atoms with van der Waals surface area (Å²) in [6, 6.07) is 17.5. The Morgan fingerprint density at radius 3 is 2.39 bits per heavy atom. The van der Waals surface area contributed by atoms with E-state index in [0.717, 1.165) is 53.6 Å². The van der Waals surface area contributed by atoms with Gasteiger partial charge >= 0.3 is 0 Å². The first-order valence-electron chi connectivity index (χ1n) is 10.5. The molecule has 0 aliphatic carbocycles. The van der Waals surface area contributed by atoms with Gasteiger partial charge in [-0.1, -0.05) is 30.3 Å². The zero-order chi connectivity index (χ0) is 21.8. The molecule has 1 aliphatic heterocycles. The molecule has 7 heteroatoms. The van der Waals surface area contributed by atoms with Crippen molar-refractivity contribution in [3.8, 4) is 17.0 Å². The van der Waals surface area contributed by atoms with Crippen LogP contribution in [0.5, 0.6) is 5.75 Å². The van der Waals surface area contributed by atoms with Crippen molar-refractivity contribution >= 4 is 22.4 Å². The highest BCUT2D eigenvalue weighted by molar-refractivity contribution is 7.16. The van der Waals surface area contributed by atoms with Crippen LogP contribution in [-0.2, 0) is 4.79 Å². The van der Waals surface area contributed by atoms with E-state index >= 15 is 0 Å². The van der Waals surface area contributed by atoms with E-state index in [0.29, 0.717) is 5.13 Å². The number of anilines is 1. The number of methoxy groups -OCH3 is 1. The lowest BCUT2D eigenvalue weighted by molar-refractivity contribution is -0.122. The van der Waals surface area contributed by atoms with E-state index in [1.54, 1.807) is 7.11 Å². The van der Waals surface area contributed by atoms with E-state index in [-0.39, 0.29) is 11.9 Å². The van der Waals surface area contributed by atoms with Gasteiger partial charge in [-0.05, 0) is 43.8 Å². The van der Waals surface area contributed by atoms with Gasteiger partial charge in [-0.3, -0.25) is 9.69 Å². The van der Waals surface area contributed by atoms with Crippen LogP contribution in [0.4, 0.5) is 5.13 Å². The van der Waals surface area contributed by atoms with Crippen molar-refractivity contribution < 1.29 is 9.53 Å². The number of aromatic nitrogens is 1. The number of carbonyl (C=O) groups is 1. The molecule has 0 spiro atoms. The van der Waals surface area contributed by atoms with Gasteiger partial charge in [-0.15, -0.1) is 11.3 Å². The fourth-order valence-corrected chi connectivity index (χ4v) is 4.72. The number of hydrogen-bond donors (Lipinski definition) is 1. The van der Waals surface area contributed by atoms with Crippen LogP contribution >= 0.6 is 11.3 Å². The summed E-state index contributed by atoms with van der Waals surface area (Å²) in [4.78, 5) is 23.8. The monoisotopic (exact) mass is 436 g/mol. The second kappa shape index (κ2) is 9.60. The predicted molar refractivity (Wildman–Crippen MR) is 126 cm³/mol. The largest absolute Gasteiger partial charge is 0.497 e. The maximum Gasteiger partial charge on any atom is 0.248 e. The standard InChI is InChI=1S/C24H28N4O2S/c1-17-21(18-9-11-20(30-3)12-10-18)25-24(31-17)26-23(29)22(19-7-5-4-6-8-19)28-15-13-27(2)14-16-28/h4-12,22H,13-16H2,1-3H3,(H,25,26,29). The van der Waals surface area contributed by atoms with Gasteiger partial charge in [0, 0.05) is 36.6 Å². The Kier molecular flexibility index (Phi) is 6.65. The van der Waals surface area contributed by atoms with Gasteiger partial charge in [0.15, 0.2) is 5.13 Å². The first-order valence-corrected chi connectivity index (χ1v) is 11.3. The summed E-state index contributed by atoms with van der Waals surface area (Å²) in [7, 11) is 3.77. The van der Waals surface area contributed by atoms with Gasteiger partial charge in [-0.25, -0.2) is 4.98 Å². The fourth-order valence-electron chi connectivity index (χ4n) is 3.88. The zero-order valence-corrected chi connectivity index (χ0v) is 19.0. The Balaban J connectivity index is 1.56. The number of hydrogen-bond acceptors (Lipinski definition) is 6. The van der Waals surface area contributed by atoms with Gasteiger partial charge in [-0.2, -0.15) is 0 Å². The van der Waals surface area contributed by atoms with Gasteiger partial charge in [0.2, 0.25) is 5.91 Å². The topological polar surface area (TPSA) is 57.7 Å². The van der Waals surface area contributed by atoms with Crippen LogP contribution in [0.3, 0.4) is 0 Å². The summed E-state index contributed by atoms with van der Waals surface area (Å²) in [6.45, 7) is 5.65. The Morgan fingerprint density at radius 1 is 1.06 bits per heavy atom. The quantitative estimate of drug-likeness (QED) is 0.632. The van der Waals surface area contributed by atoms with Crippen LogP contribution in [-0.4, -0.2) is 61.0 Å². The lowest BCUT2D eigenvalue weighted by atomic mass is 10.0. The summed E-state index contributed by atoms with van der Waals surface area (Å²) in [5.41, 5.74) is 2.90. The second-order valence-corrected chi connectivity index (χ2v) is 9.00. The Morgan fingerprint density at radius 2 is 1.74 bits per heavy atom. The molecule has 2 aromatic carbocycles. The van der Waals surface area contributed by atoms with Crippen LogP contribution in [0.1, 0.15) is 16.5 Å². The molecular weight excluding hydrogens is 408 g/mol. The minimum atomic E-state index is -0.330. The van der Waals surface area contributed by atoms with Crippen LogP contribution in [0.15, 0.2) is 54.6 Å². The molecular formula is C24H28N4O2S. The number of likely N-dealkylation sites (N-methyl/N-ethyl adjacent to an activating group) is 1. The highest BCUT2D eigenvalue weighted by Gasteiger charge is 2.30. The molecule has 4 rings (SSSR count). The summed E-state index contributed by atoms with van der Waals surface area (Å²) in [5.74, 6) is 0.772. The maximum absolute atomic E-state index is 13.4. The predicted octanol–water partition coefficient (Wildman–Crippen LogP) is 4.05. The summed E-state index contributed by atoms with van der Waals surface area (Å²) in [6.07, 6.45) is 0. The second-order valence-electron chi connectivity index (χ2n) is 7.79. The Hall–Kier alpha value is -2.74. The van der Waals surface area contributed by atoms with E-state index in [1.165, 1.54) is 11.3 Å². The SMILES string of the molecule is COc1ccc(-c2nc(NC(=O)C(c3ccccc3)N3CCN(C)CC3)sc2C)cc1. The number of rotatable bonds is 6. The number of thiazole rings is 1. The molecule has 1 N–H and O–H groups in total. The molecule has 0 saturated carbocycles. The molecule has 1 aliphatic rings. The van der Waals surface area contributed by atoms with E-state index in [1.807, 2.05) is 61.5 Å². The van der Waals surface area contributed by atoms with Gasteiger partial charge in [0.1, 0.15) is 11.8 Å². The number of piperazine rings is 1. The molecule has 162 valence electrons. The van der Waals surface area contributed by atoms with Crippen LogP contribution in [0.25, 0.3) is 11.3 Å². The molecule has 3 aromatic rings. The average Bonchev–Trinajstić information content (AvgIpc) is 3.16. The van der Waals surface area contributed by atoms with Crippen molar-refractivity contribution in [3.05, 3.63) is 65.0 Å². The third kappa shape index (κ3) is 4.95. The van der Waals surface area contributed by atoms with Crippen LogP contribution in [0.2, 0.25) is 0 Å². The average molecular weight is 437 g/mol. The van der Waals surface area contributed by atoms with Crippen molar-refractivity contribution in [2.45, 2.75) is 13.0 Å². The molecule has 2 heterocycles. The minimum absolute atomic E-state index is 0.0363. The van der Waals surface area contributed by atoms with Gasteiger partial charge in [0.05, 0.1) is 12.8 Å². The van der Waals surface area contributed by atoms with Crippen molar-refractivity contribution in [3.63, 3.8) is 0 Å². The molecule has 1 amide bonds. The number of carbonyl (C=O) groups excluding carboxylic acids is 1. The van der Waals surface area contributed by atoms with Crippen LogP contribution in [0, 0.1) is 6.92 Å². The maximum atomic E-state index is 13.4. The third-order valence-electron chi connectivity index (χ3n) is 5.66. The highest BCUT2D eigenvalue weighted by Crippen LogP contribution is 2.32. The summed E-state index contributed by atoms with van der Waals surface area (Å²) in [5, 5.41) is 3.72. The van der Waals surface area contributed by atoms with Crippen molar-refractivity contribution in [2.24, 2.45) is 0 Å². The molecule has 6 nitrogen and oxygen atoms in total. The zero-order valence-electron chi connectivity index (χ0n) is 18.2. The van der Waals surface area contributed by atoms with Crippen molar-refractivity contribution in [1.82, 2.24) is 14.8 Å². The summed E-state index contributed by atoms with van der Waals surface area (Å²) < 4.78 is 5.24. The summed E-state index contributed by atoms with van der Waals surface area (Å²) >= 11 is 1.51. The lowest BCUT2D eigenvalue weighted by Crippen LogP contribution is -2.48. The molecule has 1 aromatic heterocycles. The molecule has 1 unspecified atom stereocenters. The Labute approximate surface area is 187 Å². The number of nitrogens with one attached hydrogen (secondary N) is 1. The van der Waals surface area contributed by atoms with Gasteiger partial charge < -0.3 is 15.0 Å². The number of ether oxygens (including phenoxy) is 1. The van der Waals surface area contributed by atoms with E-state index in [2.05, 4.69) is 22.2 Å².